The number of rotatable bonds is 2. The Morgan fingerprint density at radius 3 is 2.00 bits per heavy atom. The largest absolute Gasteiger partial charge is 0.481 e. The predicted octanol–water partition coefficient (Wildman–Crippen LogP) is 1.70. The van der Waals surface area contributed by atoms with E-state index in [1.165, 1.54) is 13.8 Å². The number of hydrogen-bond donors (Lipinski definition) is 1. The van der Waals surface area contributed by atoms with E-state index in [1.54, 1.807) is 0 Å². The molecule has 2 nitrogen and oxygen atoms in total. The molecule has 0 bridgehead atoms. The molecule has 5 heteroatoms. The summed E-state index contributed by atoms with van der Waals surface area (Å²) in [6.45, 7) is 2.38. The number of hydrogen-bond acceptors (Lipinski definition) is 1. The Kier molecular flexibility index (Phi) is 1.67. The van der Waals surface area contributed by atoms with E-state index in [0.29, 0.717) is 0 Å². The summed E-state index contributed by atoms with van der Waals surface area (Å²) in [7, 11) is 0. The molecule has 2 atom stereocenters. The summed E-state index contributed by atoms with van der Waals surface area (Å²) >= 11 is 0. The van der Waals surface area contributed by atoms with Gasteiger partial charge in [-0.25, -0.2) is 13.2 Å². The molecule has 0 aromatic carbocycles. The molecular formula is C7H9F3O2. The van der Waals surface area contributed by atoms with Gasteiger partial charge in [0.25, 0.3) is 6.43 Å². The summed E-state index contributed by atoms with van der Waals surface area (Å²) in [6, 6.07) is 0. The second-order valence-corrected chi connectivity index (χ2v) is 3.56. The van der Waals surface area contributed by atoms with E-state index < -0.39 is 29.4 Å². The number of carboxylic acid groups (broad SMARTS) is 1. The first-order valence-electron chi connectivity index (χ1n) is 3.46. The maximum Gasteiger partial charge on any atom is 0.310 e. The van der Waals surface area contributed by atoms with Crippen molar-refractivity contribution in [2.75, 3.05) is 0 Å². The van der Waals surface area contributed by atoms with Crippen molar-refractivity contribution in [2.45, 2.75) is 25.9 Å². The third-order valence-electron chi connectivity index (χ3n) is 2.61. The van der Waals surface area contributed by atoms with Crippen molar-refractivity contribution in [3.05, 3.63) is 0 Å². The fraction of sp³-hybridized carbons (Fsp3) is 0.857. The lowest BCUT2D eigenvalue weighted by Crippen LogP contribution is -2.22. The smallest absolute Gasteiger partial charge is 0.310 e. The third kappa shape index (κ3) is 0.791. The molecule has 1 rings (SSSR count). The van der Waals surface area contributed by atoms with Crippen LogP contribution >= 0.6 is 0 Å². The molecule has 0 amide bonds. The second kappa shape index (κ2) is 2.14. The minimum atomic E-state index is -3.23. The quantitative estimate of drug-likeness (QED) is 0.705. The molecule has 0 aromatic rings. The molecule has 0 saturated heterocycles. The van der Waals surface area contributed by atoms with Crippen molar-refractivity contribution in [3.63, 3.8) is 0 Å². The summed E-state index contributed by atoms with van der Waals surface area (Å²) in [5.41, 5.74) is -4.30. The maximum atomic E-state index is 13.2. The summed E-state index contributed by atoms with van der Waals surface area (Å²) in [6.07, 6.45) is -3.23. The molecule has 0 heterocycles. The molecule has 2 unspecified atom stereocenters. The first-order chi connectivity index (χ1) is 5.26. The van der Waals surface area contributed by atoms with Gasteiger partial charge in [0, 0.05) is 5.41 Å². The van der Waals surface area contributed by atoms with E-state index >= 15 is 0 Å². The highest BCUT2D eigenvalue weighted by molar-refractivity contribution is 5.78. The SMILES string of the molecule is CC1(C)C(C(=O)O)C1(F)C(F)F. The van der Waals surface area contributed by atoms with Gasteiger partial charge in [-0.3, -0.25) is 4.79 Å². The van der Waals surface area contributed by atoms with Crippen molar-refractivity contribution in [1.29, 1.82) is 0 Å². The van der Waals surface area contributed by atoms with Crippen LogP contribution in [0.1, 0.15) is 13.8 Å². The number of carbonyl (C=O) groups is 1. The van der Waals surface area contributed by atoms with Crippen molar-refractivity contribution in [1.82, 2.24) is 0 Å². The van der Waals surface area contributed by atoms with Crippen molar-refractivity contribution < 1.29 is 23.1 Å². The second-order valence-electron chi connectivity index (χ2n) is 3.56. The van der Waals surface area contributed by atoms with Gasteiger partial charge < -0.3 is 5.11 Å². The van der Waals surface area contributed by atoms with Crippen LogP contribution in [0.3, 0.4) is 0 Å². The van der Waals surface area contributed by atoms with Gasteiger partial charge >= 0.3 is 5.97 Å². The topological polar surface area (TPSA) is 37.3 Å². The molecule has 0 spiro atoms. The van der Waals surface area contributed by atoms with E-state index in [-0.39, 0.29) is 0 Å². The normalized spacial score (nSPS) is 38.3. The predicted molar refractivity (Wildman–Crippen MR) is 34.7 cm³/mol. The van der Waals surface area contributed by atoms with E-state index in [9.17, 15) is 18.0 Å². The Labute approximate surface area is 67.4 Å². The number of alkyl halides is 3. The Bertz CT molecular complexity index is 227. The lowest BCUT2D eigenvalue weighted by molar-refractivity contribution is -0.141. The minimum Gasteiger partial charge on any atom is -0.481 e. The van der Waals surface area contributed by atoms with Crippen molar-refractivity contribution >= 4 is 5.97 Å². The molecule has 1 N–H and O–H groups in total. The highest BCUT2D eigenvalue weighted by Crippen LogP contribution is 2.67. The highest BCUT2D eigenvalue weighted by atomic mass is 19.3. The Morgan fingerprint density at radius 1 is 1.50 bits per heavy atom. The van der Waals surface area contributed by atoms with Gasteiger partial charge in [-0.2, -0.15) is 0 Å². The third-order valence-corrected chi connectivity index (χ3v) is 2.61. The van der Waals surface area contributed by atoms with Gasteiger partial charge in [-0.05, 0) is 0 Å². The van der Waals surface area contributed by atoms with E-state index in [4.69, 9.17) is 5.11 Å². The lowest BCUT2D eigenvalue weighted by Gasteiger charge is -2.07. The van der Waals surface area contributed by atoms with Crippen LogP contribution in [0.4, 0.5) is 13.2 Å². The van der Waals surface area contributed by atoms with Crippen molar-refractivity contribution in [3.8, 4) is 0 Å². The van der Waals surface area contributed by atoms with Crippen LogP contribution in [0.5, 0.6) is 0 Å². The lowest BCUT2D eigenvalue weighted by atomic mass is 10.1. The summed E-state index contributed by atoms with van der Waals surface area (Å²) < 4.78 is 37.3. The molecule has 1 saturated carbocycles. The van der Waals surface area contributed by atoms with Gasteiger partial charge in [-0.15, -0.1) is 0 Å². The first-order valence-corrected chi connectivity index (χ1v) is 3.46. The number of halogens is 3. The Hall–Kier alpha value is -0.740. The van der Waals surface area contributed by atoms with Crippen LogP contribution in [-0.4, -0.2) is 23.2 Å². The van der Waals surface area contributed by atoms with Gasteiger partial charge in [0.2, 0.25) is 0 Å². The summed E-state index contributed by atoms with van der Waals surface area (Å²) in [4.78, 5) is 10.3. The van der Waals surface area contributed by atoms with Gasteiger partial charge in [-0.1, -0.05) is 13.8 Å². The van der Waals surface area contributed by atoms with Gasteiger partial charge in [0.1, 0.15) is 5.92 Å². The monoisotopic (exact) mass is 182 g/mol. The highest BCUT2D eigenvalue weighted by Gasteiger charge is 2.81. The Morgan fingerprint density at radius 2 is 1.92 bits per heavy atom. The summed E-state index contributed by atoms with van der Waals surface area (Å²) in [5, 5.41) is 8.40. The molecular weight excluding hydrogens is 173 g/mol. The minimum absolute atomic E-state index is 1.19. The molecule has 1 aliphatic rings. The van der Waals surface area contributed by atoms with Crippen LogP contribution in [0.2, 0.25) is 0 Å². The summed E-state index contributed by atoms with van der Waals surface area (Å²) in [5.74, 6) is -3.08. The van der Waals surface area contributed by atoms with E-state index in [2.05, 4.69) is 0 Å². The standard InChI is InChI=1S/C7H9F3O2/c1-6(2)3(4(11)12)7(6,10)5(8)9/h3,5H,1-2H3,(H,11,12). The molecule has 70 valence electrons. The van der Waals surface area contributed by atoms with Crippen LogP contribution < -0.4 is 0 Å². The van der Waals surface area contributed by atoms with Gasteiger partial charge in [0.15, 0.2) is 5.67 Å². The zero-order valence-corrected chi connectivity index (χ0v) is 6.64. The average Bonchev–Trinajstić information content (AvgIpc) is 2.28. The maximum absolute atomic E-state index is 13.2. The average molecular weight is 182 g/mol. The van der Waals surface area contributed by atoms with E-state index in [1.807, 2.05) is 0 Å². The Balaban J connectivity index is 2.92. The molecule has 12 heavy (non-hydrogen) atoms. The molecule has 0 radical (unpaired) electrons. The fourth-order valence-electron chi connectivity index (χ4n) is 1.64. The van der Waals surface area contributed by atoms with Gasteiger partial charge in [0.05, 0.1) is 0 Å². The number of carboxylic acids is 1. The molecule has 0 aliphatic heterocycles. The molecule has 0 aromatic heterocycles. The van der Waals surface area contributed by atoms with Crippen molar-refractivity contribution in [2.24, 2.45) is 11.3 Å². The molecule has 1 fully saturated rings. The zero-order chi connectivity index (χ0) is 9.73. The van der Waals surface area contributed by atoms with E-state index in [0.717, 1.165) is 0 Å². The van der Waals surface area contributed by atoms with Crippen LogP contribution in [-0.2, 0) is 4.79 Å². The first kappa shape index (κ1) is 9.35. The number of aliphatic carboxylic acids is 1. The fourth-order valence-corrected chi connectivity index (χ4v) is 1.64. The van der Waals surface area contributed by atoms with Crippen LogP contribution in [0.25, 0.3) is 0 Å². The van der Waals surface area contributed by atoms with Crippen LogP contribution in [0, 0.1) is 11.3 Å². The molecule has 1 aliphatic carbocycles. The zero-order valence-electron chi connectivity index (χ0n) is 6.64. The van der Waals surface area contributed by atoms with Crippen LogP contribution in [0.15, 0.2) is 0 Å².